The maximum absolute atomic E-state index is 13.4. The number of hydrogen-bond donors (Lipinski definition) is 1. The molecule has 1 aliphatic rings. The number of likely N-dealkylation sites (tertiary alicyclic amines) is 1. The van der Waals surface area contributed by atoms with E-state index in [0.717, 1.165) is 24.3 Å². The van der Waals surface area contributed by atoms with Crippen molar-refractivity contribution in [3.63, 3.8) is 0 Å². The van der Waals surface area contributed by atoms with Crippen molar-refractivity contribution in [1.82, 2.24) is 19.4 Å². The average molecular weight is 538 g/mol. The van der Waals surface area contributed by atoms with Crippen LogP contribution in [0.3, 0.4) is 0 Å². The molecule has 10 nitrogen and oxygen atoms in total. The van der Waals surface area contributed by atoms with Crippen molar-refractivity contribution in [3.8, 4) is 17.0 Å². The maximum Gasteiger partial charge on any atom is 0.262 e. The molecule has 1 atom stereocenters. The lowest BCUT2D eigenvalue weighted by molar-refractivity contribution is -0.127. The van der Waals surface area contributed by atoms with Gasteiger partial charge in [0, 0.05) is 31.8 Å². The summed E-state index contributed by atoms with van der Waals surface area (Å²) in [5.41, 5.74) is 1.50. The van der Waals surface area contributed by atoms with Crippen LogP contribution in [0, 0.1) is 5.82 Å². The van der Waals surface area contributed by atoms with Crippen molar-refractivity contribution in [2.75, 3.05) is 24.9 Å². The molecule has 1 N–H and O–H groups in total. The first-order valence-corrected chi connectivity index (χ1v) is 13.2. The molecule has 196 valence electrons. The van der Waals surface area contributed by atoms with E-state index in [-0.39, 0.29) is 34.0 Å². The number of rotatable bonds is 6. The van der Waals surface area contributed by atoms with Gasteiger partial charge in [0.25, 0.3) is 15.6 Å². The summed E-state index contributed by atoms with van der Waals surface area (Å²) >= 11 is 0. The van der Waals surface area contributed by atoms with Crippen LogP contribution in [-0.2, 0) is 14.8 Å². The Bertz CT molecular complexity index is 1710. The largest absolute Gasteiger partial charge is 0.480 e. The average Bonchev–Trinajstić information content (AvgIpc) is 3.39. The van der Waals surface area contributed by atoms with Gasteiger partial charge in [-0.25, -0.2) is 22.8 Å². The second-order valence-electron chi connectivity index (χ2n) is 8.94. The van der Waals surface area contributed by atoms with Gasteiger partial charge >= 0.3 is 0 Å². The van der Waals surface area contributed by atoms with E-state index in [0.29, 0.717) is 41.5 Å². The summed E-state index contributed by atoms with van der Waals surface area (Å²) in [4.78, 5) is 35.3. The molecule has 1 saturated heterocycles. The molecule has 3 heterocycles. The summed E-state index contributed by atoms with van der Waals surface area (Å²) in [5.74, 6) is -0.547. The summed E-state index contributed by atoms with van der Waals surface area (Å²) in [6.07, 6.45) is 3.68. The quantitative estimate of drug-likeness (QED) is 0.401. The molecule has 0 radical (unpaired) electrons. The lowest BCUT2D eigenvalue weighted by Gasteiger charge is -2.16. The monoisotopic (exact) mass is 537 g/mol. The highest BCUT2D eigenvalue weighted by Crippen LogP contribution is 2.31. The molecule has 1 fully saturated rings. The standard InChI is InChI=1S/C26H24FN5O5S/c1-16(33)31-10-9-20(14-31)32-15-29-23-8-3-17(11-22(23)26(32)34)18-12-24(25(37-2)28-13-18)30-38(35,36)21-6-4-19(27)5-7-21/h3-8,11-13,15,20,30H,9-10,14H2,1-2H3/t20-/m1/s1. The molecule has 38 heavy (non-hydrogen) atoms. The minimum absolute atomic E-state index is 0.0329. The number of hydrogen-bond acceptors (Lipinski definition) is 7. The first-order valence-electron chi connectivity index (χ1n) is 11.8. The van der Waals surface area contributed by atoms with Crippen LogP contribution in [0.25, 0.3) is 22.0 Å². The predicted octanol–water partition coefficient (Wildman–Crippen LogP) is 3.20. The first kappa shape index (κ1) is 25.3. The number of fused-ring (bicyclic) bond motifs is 1. The van der Waals surface area contributed by atoms with Gasteiger partial charge in [-0.15, -0.1) is 0 Å². The fourth-order valence-electron chi connectivity index (χ4n) is 4.49. The van der Waals surface area contributed by atoms with E-state index in [2.05, 4.69) is 14.7 Å². The number of nitrogens with one attached hydrogen (secondary N) is 1. The smallest absolute Gasteiger partial charge is 0.262 e. The Labute approximate surface area is 217 Å². The number of benzene rings is 2. The Hall–Kier alpha value is -4.32. The van der Waals surface area contributed by atoms with E-state index in [1.54, 1.807) is 33.7 Å². The molecule has 2 aromatic carbocycles. The fraction of sp³-hybridized carbons (Fsp3) is 0.231. The molecule has 1 amide bonds. The summed E-state index contributed by atoms with van der Waals surface area (Å²) in [7, 11) is -2.70. The molecular weight excluding hydrogens is 513 g/mol. The number of nitrogens with zero attached hydrogens (tertiary/aromatic N) is 4. The number of halogens is 1. The van der Waals surface area contributed by atoms with Crippen LogP contribution in [-0.4, -0.2) is 54.0 Å². The third-order valence-electron chi connectivity index (χ3n) is 6.53. The van der Waals surface area contributed by atoms with Crippen LogP contribution in [0.1, 0.15) is 19.4 Å². The molecule has 5 rings (SSSR count). The third-order valence-corrected chi connectivity index (χ3v) is 7.91. The molecule has 0 aliphatic carbocycles. The van der Waals surface area contributed by atoms with E-state index >= 15 is 0 Å². The highest BCUT2D eigenvalue weighted by atomic mass is 32.2. The Balaban J connectivity index is 1.51. The Kier molecular flexibility index (Phi) is 6.57. The van der Waals surface area contributed by atoms with Gasteiger partial charge in [0.05, 0.1) is 35.3 Å². The molecular formula is C26H24FN5O5S. The highest BCUT2D eigenvalue weighted by Gasteiger charge is 2.26. The molecule has 0 saturated carbocycles. The minimum Gasteiger partial charge on any atom is -0.480 e. The molecule has 0 bridgehead atoms. The zero-order valence-corrected chi connectivity index (χ0v) is 21.4. The number of amides is 1. The lowest BCUT2D eigenvalue weighted by Crippen LogP contribution is -2.30. The van der Waals surface area contributed by atoms with E-state index < -0.39 is 15.8 Å². The number of aromatic nitrogens is 3. The Morgan fingerprint density at radius 2 is 1.87 bits per heavy atom. The number of ether oxygens (including phenoxy) is 1. The summed E-state index contributed by atoms with van der Waals surface area (Å²) in [6, 6.07) is 10.9. The van der Waals surface area contributed by atoms with Gasteiger partial charge in [-0.05, 0) is 54.4 Å². The van der Waals surface area contributed by atoms with E-state index in [9.17, 15) is 22.4 Å². The zero-order valence-electron chi connectivity index (χ0n) is 20.6. The van der Waals surface area contributed by atoms with Crippen LogP contribution < -0.4 is 15.0 Å². The third kappa shape index (κ3) is 4.82. The van der Waals surface area contributed by atoms with Gasteiger partial charge in [0.1, 0.15) is 11.5 Å². The minimum atomic E-state index is -4.06. The van der Waals surface area contributed by atoms with Gasteiger partial charge in [-0.1, -0.05) is 6.07 Å². The number of anilines is 1. The molecule has 2 aromatic heterocycles. The van der Waals surface area contributed by atoms with Gasteiger partial charge < -0.3 is 9.64 Å². The second-order valence-corrected chi connectivity index (χ2v) is 10.6. The topological polar surface area (TPSA) is 123 Å². The van der Waals surface area contributed by atoms with Gasteiger partial charge in [-0.2, -0.15) is 0 Å². The SMILES string of the molecule is COc1ncc(-c2ccc3ncn([C@@H]4CCN(C(C)=O)C4)c(=O)c3c2)cc1NS(=O)(=O)c1ccc(F)cc1. The summed E-state index contributed by atoms with van der Waals surface area (Å²) in [6.45, 7) is 2.54. The van der Waals surface area contributed by atoms with Crippen LogP contribution in [0.5, 0.6) is 5.88 Å². The van der Waals surface area contributed by atoms with Crippen LogP contribution in [0.4, 0.5) is 10.1 Å². The Morgan fingerprint density at radius 3 is 2.55 bits per heavy atom. The molecule has 1 aliphatic heterocycles. The first-order chi connectivity index (χ1) is 18.2. The van der Waals surface area contributed by atoms with Crippen molar-refractivity contribution in [1.29, 1.82) is 0 Å². The van der Waals surface area contributed by atoms with E-state index in [1.165, 1.54) is 26.6 Å². The predicted molar refractivity (Wildman–Crippen MR) is 139 cm³/mol. The molecule has 0 spiro atoms. The van der Waals surface area contributed by atoms with Crippen molar-refractivity contribution in [2.45, 2.75) is 24.3 Å². The van der Waals surface area contributed by atoms with Crippen molar-refractivity contribution < 1.29 is 22.3 Å². The number of carbonyl (C=O) groups excluding carboxylic acids is 1. The zero-order chi connectivity index (χ0) is 27.0. The van der Waals surface area contributed by atoms with Crippen LogP contribution in [0.15, 0.2) is 70.7 Å². The molecule has 4 aromatic rings. The number of carbonyl (C=O) groups is 1. The van der Waals surface area contributed by atoms with Crippen LogP contribution >= 0.6 is 0 Å². The van der Waals surface area contributed by atoms with E-state index in [4.69, 9.17) is 4.74 Å². The maximum atomic E-state index is 13.4. The van der Waals surface area contributed by atoms with Crippen LogP contribution in [0.2, 0.25) is 0 Å². The lowest BCUT2D eigenvalue weighted by atomic mass is 10.0. The Morgan fingerprint density at radius 1 is 1.11 bits per heavy atom. The number of sulfonamides is 1. The summed E-state index contributed by atoms with van der Waals surface area (Å²) in [5, 5.41) is 0.385. The van der Waals surface area contributed by atoms with Gasteiger partial charge in [-0.3, -0.25) is 18.9 Å². The second kappa shape index (κ2) is 9.86. The van der Waals surface area contributed by atoms with Gasteiger partial charge in [0.15, 0.2) is 0 Å². The van der Waals surface area contributed by atoms with Gasteiger partial charge in [0.2, 0.25) is 11.8 Å². The molecule has 0 unspecified atom stereocenters. The summed E-state index contributed by atoms with van der Waals surface area (Å²) < 4.78 is 48.3. The number of methoxy groups -OCH3 is 1. The normalized spacial score (nSPS) is 15.6. The highest BCUT2D eigenvalue weighted by molar-refractivity contribution is 7.92. The molecule has 12 heteroatoms. The van der Waals surface area contributed by atoms with Crippen molar-refractivity contribution in [2.24, 2.45) is 0 Å². The number of pyridine rings is 1. The van der Waals surface area contributed by atoms with Crippen molar-refractivity contribution in [3.05, 3.63) is 77.2 Å². The van der Waals surface area contributed by atoms with Crippen molar-refractivity contribution >= 4 is 32.5 Å². The fourth-order valence-corrected chi connectivity index (χ4v) is 5.54. The van der Waals surface area contributed by atoms with E-state index in [1.807, 2.05) is 0 Å².